The number of hydrogen-bond acceptors (Lipinski definition) is 5. The first-order chi connectivity index (χ1) is 10.7. The van der Waals surface area contributed by atoms with Gasteiger partial charge >= 0.3 is 5.97 Å². The highest BCUT2D eigenvalue weighted by Gasteiger charge is 2.14. The van der Waals surface area contributed by atoms with E-state index in [-0.39, 0.29) is 5.56 Å². The number of ether oxygens (including phenoxy) is 1. The van der Waals surface area contributed by atoms with Crippen molar-refractivity contribution in [3.05, 3.63) is 47.7 Å². The van der Waals surface area contributed by atoms with Crippen molar-refractivity contribution in [2.24, 2.45) is 4.99 Å². The Bertz CT molecular complexity index is 687. The number of carboxylic acid groups (broad SMARTS) is 1. The molecule has 1 aliphatic heterocycles. The van der Waals surface area contributed by atoms with Crippen LogP contribution in [0.2, 0.25) is 0 Å². The van der Waals surface area contributed by atoms with Crippen LogP contribution in [0.25, 0.3) is 0 Å². The lowest BCUT2D eigenvalue weighted by molar-refractivity contribution is 0.0697. The lowest BCUT2D eigenvalue weighted by Crippen LogP contribution is -2.35. The zero-order valence-electron chi connectivity index (χ0n) is 11.9. The third kappa shape index (κ3) is 3.35. The number of hydrogen-bond donors (Lipinski definition) is 1. The van der Waals surface area contributed by atoms with E-state index >= 15 is 0 Å². The largest absolute Gasteiger partial charge is 0.478 e. The molecule has 0 bridgehead atoms. The summed E-state index contributed by atoms with van der Waals surface area (Å²) in [6.07, 6.45) is 1.59. The molecule has 0 spiro atoms. The van der Waals surface area contributed by atoms with Crippen molar-refractivity contribution in [1.29, 1.82) is 0 Å². The van der Waals surface area contributed by atoms with Crippen molar-refractivity contribution >= 4 is 23.8 Å². The van der Waals surface area contributed by atoms with E-state index in [2.05, 4.69) is 9.89 Å². The Morgan fingerprint density at radius 3 is 2.82 bits per heavy atom. The molecule has 2 heterocycles. The molecule has 0 unspecified atom stereocenters. The second-order valence-electron chi connectivity index (χ2n) is 4.89. The predicted molar refractivity (Wildman–Crippen MR) is 82.4 cm³/mol. The fourth-order valence-electron chi connectivity index (χ4n) is 2.22. The first kappa shape index (κ1) is 14.3. The number of carboxylic acids is 1. The van der Waals surface area contributed by atoms with Gasteiger partial charge in [-0.2, -0.15) is 0 Å². The summed E-state index contributed by atoms with van der Waals surface area (Å²) in [5.74, 6) is 0.455. The van der Waals surface area contributed by atoms with Crippen LogP contribution in [0.4, 0.5) is 11.6 Å². The van der Waals surface area contributed by atoms with E-state index in [9.17, 15) is 4.79 Å². The number of anilines is 1. The maximum Gasteiger partial charge on any atom is 0.335 e. The molecule has 1 saturated heterocycles. The summed E-state index contributed by atoms with van der Waals surface area (Å²) in [5.41, 5.74) is 0.785. The second kappa shape index (κ2) is 6.44. The molecule has 2 aromatic rings. The zero-order valence-corrected chi connectivity index (χ0v) is 11.9. The second-order valence-corrected chi connectivity index (χ2v) is 4.89. The van der Waals surface area contributed by atoms with Gasteiger partial charge in [0.1, 0.15) is 5.76 Å². The number of rotatable bonds is 4. The molecule has 0 radical (unpaired) electrons. The van der Waals surface area contributed by atoms with Crippen molar-refractivity contribution in [1.82, 2.24) is 0 Å². The Morgan fingerprint density at radius 1 is 1.23 bits per heavy atom. The van der Waals surface area contributed by atoms with Gasteiger partial charge in [0.15, 0.2) is 5.88 Å². The molecule has 0 atom stereocenters. The zero-order chi connectivity index (χ0) is 15.4. The summed E-state index contributed by atoms with van der Waals surface area (Å²) in [5, 5.41) is 8.96. The van der Waals surface area contributed by atoms with Crippen LogP contribution in [-0.2, 0) is 4.74 Å². The normalized spacial score (nSPS) is 15.4. The molecule has 1 aromatic heterocycles. The standard InChI is InChI=1S/C16H16N2O4/c19-16(20)12-2-1-3-13(10-12)17-11-14-4-5-15(22-14)18-6-8-21-9-7-18/h1-5,10-11H,6-9H2,(H,19,20). The lowest BCUT2D eigenvalue weighted by atomic mass is 10.2. The van der Waals surface area contributed by atoms with Gasteiger partial charge in [0.2, 0.25) is 0 Å². The average Bonchev–Trinajstić information content (AvgIpc) is 3.03. The van der Waals surface area contributed by atoms with Crippen LogP contribution in [0.15, 0.2) is 45.8 Å². The molecular formula is C16H16N2O4. The van der Waals surface area contributed by atoms with Crippen LogP contribution >= 0.6 is 0 Å². The molecule has 1 N–H and O–H groups in total. The van der Waals surface area contributed by atoms with Crippen LogP contribution in [0.3, 0.4) is 0 Å². The van der Waals surface area contributed by atoms with E-state index in [0.717, 1.165) is 19.0 Å². The van der Waals surface area contributed by atoms with Gasteiger partial charge in [0.25, 0.3) is 0 Å². The Hall–Kier alpha value is -2.60. The molecule has 1 aliphatic rings. The fourth-order valence-corrected chi connectivity index (χ4v) is 2.22. The molecule has 6 heteroatoms. The van der Waals surface area contributed by atoms with E-state index < -0.39 is 5.97 Å². The van der Waals surface area contributed by atoms with E-state index in [1.54, 1.807) is 18.3 Å². The Labute approximate surface area is 127 Å². The molecule has 0 aliphatic carbocycles. The topological polar surface area (TPSA) is 75.3 Å². The third-order valence-electron chi connectivity index (χ3n) is 3.37. The maximum absolute atomic E-state index is 10.9. The van der Waals surface area contributed by atoms with Gasteiger partial charge in [-0.25, -0.2) is 4.79 Å². The van der Waals surface area contributed by atoms with Crippen LogP contribution in [0, 0.1) is 0 Å². The maximum atomic E-state index is 10.9. The van der Waals surface area contributed by atoms with Crippen molar-refractivity contribution < 1.29 is 19.1 Å². The lowest BCUT2D eigenvalue weighted by Gasteiger charge is -2.26. The number of carbonyl (C=O) groups is 1. The van der Waals surface area contributed by atoms with Gasteiger partial charge < -0.3 is 19.2 Å². The minimum absolute atomic E-state index is 0.211. The molecule has 1 fully saturated rings. The Balaban J connectivity index is 1.71. The highest BCUT2D eigenvalue weighted by molar-refractivity contribution is 5.89. The van der Waals surface area contributed by atoms with E-state index in [4.69, 9.17) is 14.3 Å². The predicted octanol–water partition coefficient (Wildman–Crippen LogP) is 2.57. The average molecular weight is 300 g/mol. The Morgan fingerprint density at radius 2 is 2.05 bits per heavy atom. The van der Waals surface area contributed by atoms with Gasteiger partial charge in [-0.1, -0.05) is 6.07 Å². The summed E-state index contributed by atoms with van der Waals surface area (Å²) < 4.78 is 11.0. The van der Waals surface area contributed by atoms with Gasteiger partial charge in [0.05, 0.1) is 30.7 Å². The quantitative estimate of drug-likeness (QED) is 0.878. The van der Waals surface area contributed by atoms with Crippen molar-refractivity contribution in [2.75, 3.05) is 31.2 Å². The van der Waals surface area contributed by atoms with Gasteiger partial charge in [-0.05, 0) is 24.3 Å². The molecule has 22 heavy (non-hydrogen) atoms. The first-order valence-corrected chi connectivity index (χ1v) is 7.02. The van der Waals surface area contributed by atoms with Crippen molar-refractivity contribution in [2.45, 2.75) is 0 Å². The molecular weight excluding hydrogens is 284 g/mol. The van der Waals surface area contributed by atoms with Crippen LogP contribution in [-0.4, -0.2) is 43.6 Å². The summed E-state index contributed by atoms with van der Waals surface area (Å²) in [6.45, 7) is 3.02. The molecule has 0 saturated carbocycles. The van der Waals surface area contributed by atoms with Gasteiger partial charge in [0, 0.05) is 19.2 Å². The minimum Gasteiger partial charge on any atom is -0.478 e. The van der Waals surface area contributed by atoms with Crippen LogP contribution in [0.5, 0.6) is 0 Å². The number of nitrogens with zero attached hydrogens (tertiary/aromatic N) is 2. The van der Waals surface area contributed by atoms with Crippen molar-refractivity contribution in [3.8, 4) is 0 Å². The molecule has 0 amide bonds. The van der Waals surface area contributed by atoms with Crippen LogP contribution < -0.4 is 4.90 Å². The van der Waals surface area contributed by atoms with Gasteiger partial charge in [-0.3, -0.25) is 4.99 Å². The molecule has 6 nitrogen and oxygen atoms in total. The summed E-state index contributed by atoms with van der Waals surface area (Å²) >= 11 is 0. The van der Waals surface area contributed by atoms with E-state index in [1.807, 2.05) is 12.1 Å². The Kier molecular flexibility index (Phi) is 4.20. The molecule has 3 rings (SSSR count). The number of benzene rings is 1. The van der Waals surface area contributed by atoms with Crippen molar-refractivity contribution in [3.63, 3.8) is 0 Å². The SMILES string of the molecule is O=C(O)c1cccc(N=Cc2ccc(N3CCOCC3)o2)c1. The van der Waals surface area contributed by atoms with E-state index in [0.29, 0.717) is 24.7 Å². The summed E-state index contributed by atoms with van der Waals surface area (Å²) in [7, 11) is 0. The van der Waals surface area contributed by atoms with E-state index in [1.165, 1.54) is 12.1 Å². The number of furan rings is 1. The van der Waals surface area contributed by atoms with Crippen LogP contribution in [0.1, 0.15) is 16.1 Å². The highest BCUT2D eigenvalue weighted by atomic mass is 16.5. The monoisotopic (exact) mass is 300 g/mol. The molecule has 1 aromatic carbocycles. The smallest absolute Gasteiger partial charge is 0.335 e. The molecule has 114 valence electrons. The summed E-state index contributed by atoms with van der Waals surface area (Å²) in [4.78, 5) is 17.3. The number of aliphatic imine (C=N–C) groups is 1. The number of morpholine rings is 1. The highest BCUT2D eigenvalue weighted by Crippen LogP contribution is 2.20. The fraction of sp³-hybridized carbons (Fsp3) is 0.250. The summed E-state index contributed by atoms with van der Waals surface area (Å²) in [6, 6.07) is 10.2. The van der Waals surface area contributed by atoms with Gasteiger partial charge in [-0.15, -0.1) is 0 Å². The third-order valence-corrected chi connectivity index (χ3v) is 3.37. The minimum atomic E-state index is -0.968. The first-order valence-electron chi connectivity index (χ1n) is 7.02. The number of aromatic carboxylic acids is 1.